The van der Waals surface area contributed by atoms with Gasteiger partial charge in [0.1, 0.15) is 17.6 Å². The van der Waals surface area contributed by atoms with Crippen molar-refractivity contribution in [2.24, 2.45) is 0 Å². The van der Waals surface area contributed by atoms with Crippen molar-refractivity contribution in [1.82, 2.24) is 14.7 Å². The maximum atomic E-state index is 13.7. The maximum absolute atomic E-state index is 13.7. The largest absolute Gasteiger partial charge is 0.378 e. The van der Waals surface area contributed by atoms with E-state index < -0.39 is 17.6 Å². The number of piperidine rings is 1. The Morgan fingerprint density at radius 2 is 1.42 bits per heavy atom. The monoisotopic (exact) mass is 495 g/mol. The van der Waals surface area contributed by atoms with Gasteiger partial charge in [0.15, 0.2) is 0 Å². The van der Waals surface area contributed by atoms with Gasteiger partial charge in [-0.25, -0.2) is 4.39 Å². The van der Waals surface area contributed by atoms with Crippen LogP contribution in [0, 0.1) is 12.7 Å². The Labute approximate surface area is 209 Å². The van der Waals surface area contributed by atoms with Crippen LogP contribution in [0.25, 0.3) is 0 Å². The minimum atomic E-state index is -1.01. The summed E-state index contributed by atoms with van der Waals surface area (Å²) in [5.41, 5.74) is 0.972. The summed E-state index contributed by atoms with van der Waals surface area (Å²) in [6.07, 6.45) is 0.759. The molecule has 1 atom stereocenters. The number of halogens is 1. The summed E-state index contributed by atoms with van der Waals surface area (Å²) in [4.78, 5) is 45.3. The normalized spacial score (nSPS) is 21.6. The smallest absolute Gasteiger partial charge is 0.256 e. The third-order valence-corrected chi connectivity index (χ3v) is 7.31. The lowest BCUT2D eigenvalue weighted by molar-refractivity contribution is -0.141. The van der Waals surface area contributed by atoms with Crippen molar-refractivity contribution in [2.45, 2.75) is 31.5 Å². The van der Waals surface area contributed by atoms with E-state index in [-0.39, 0.29) is 24.3 Å². The highest BCUT2D eigenvalue weighted by molar-refractivity contribution is 5.98. The fourth-order valence-corrected chi connectivity index (χ4v) is 5.22. The molecular formula is C27H30FN3O5. The highest BCUT2D eigenvalue weighted by Gasteiger charge is 2.55. The Balaban J connectivity index is 1.39. The van der Waals surface area contributed by atoms with Gasteiger partial charge in [-0.2, -0.15) is 0 Å². The number of benzene rings is 2. The first-order chi connectivity index (χ1) is 17.4. The lowest BCUT2D eigenvalue weighted by atomic mass is 9.96. The van der Waals surface area contributed by atoms with E-state index in [1.165, 1.54) is 24.3 Å². The predicted octanol–water partition coefficient (Wildman–Crippen LogP) is 2.47. The molecule has 3 heterocycles. The molecule has 3 amide bonds. The number of carbonyl (C=O) groups is 3. The van der Waals surface area contributed by atoms with Crippen LogP contribution >= 0.6 is 0 Å². The molecule has 0 N–H and O–H groups in total. The van der Waals surface area contributed by atoms with E-state index in [0.717, 1.165) is 5.56 Å². The van der Waals surface area contributed by atoms with Gasteiger partial charge in [-0.15, -0.1) is 0 Å². The number of hydrogen-bond acceptors (Lipinski definition) is 5. The number of aryl methyl sites for hydroxylation is 1. The number of hydrogen-bond donors (Lipinski definition) is 0. The van der Waals surface area contributed by atoms with Gasteiger partial charge in [-0.05, 0) is 43.3 Å². The zero-order valence-corrected chi connectivity index (χ0v) is 20.3. The second-order valence-electron chi connectivity index (χ2n) is 9.55. The third-order valence-electron chi connectivity index (χ3n) is 7.31. The first kappa shape index (κ1) is 24.4. The average molecular weight is 496 g/mol. The molecule has 0 radical (unpaired) electrons. The van der Waals surface area contributed by atoms with E-state index in [2.05, 4.69) is 0 Å². The zero-order valence-electron chi connectivity index (χ0n) is 20.3. The molecule has 3 aliphatic heterocycles. The van der Waals surface area contributed by atoms with Gasteiger partial charge in [0, 0.05) is 50.1 Å². The minimum Gasteiger partial charge on any atom is -0.378 e. The molecule has 3 fully saturated rings. The molecule has 190 valence electrons. The van der Waals surface area contributed by atoms with Gasteiger partial charge in [0.25, 0.3) is 11.8 Å². The van der Waals surface area contributed by atoms with Gasteiger partial charge < -0.3 is 19.3 Å². The van der Waals surface area contributed by atoms with Gasteiger partial charge in [0.05, 0.1) is 19.8 Å². The number of rotatable bonds is 3. The van der Waals surface area contributed by atoms with Crippen molar-refractivity contribution in [3.05, 3.63) is 71.0 Å². The molecule has 1 spiro atoms. The Hall–Kier alpha value is -3.30. The molecule has 0 bridgehead atoms. The third kappa shape index (κ3) is 4.60. The summed E-state index contributed by atoms with van der Waals surface area (Å²) in [7, 11) is 0. The van der Waals surface area contributed by atoms with Crippen LogP contribution in [0.1, 0.15) is 39.1 Å². The average Bonchev–Trinajstić information content (AvgIpc) is 3.27. The summed E-state index contributed by atoms with van der Waals surface area (Å²) in [6.45, 7) is 4.64. The molecule has 8 nitrogen and oxygen atoms in total. The summed E-state index contributed by atoms with van der Waals surface area (Å²) in [5, 5.41) is 0. The highest BCUT2D eigenvalue weighted by atomic mass is 19.1. The first-order valence-electron chi connectivity index (χ1n) is 12.3. The first-order valence-corrected chi connectivity index (χ1v) is 12.3. The van der Waals surface area contributed by atoms with Crippen LogP contribution < -0.4 is 0 Å². The van der Waals surface area contributed by atoms with E-state index in [9.17, 15) is 18.8 Å². The standard InChI is InChI=1S/C27H30FN3O5/c1-19-2-4-20(5-3-19)24(32)29-12-10-27(11-13-29)31(25(33)21-6-8-22(28)9-7-21)23(18-36-27)26(34)30-14-16-35-17-15-30/h2-9,23H,10-18H2,1H3/t23-/m0/s1. The van der Waals surface area contributed by atoms with Gasteiger partial charge in [0.2, 0.25) is 5.91 Å². The highest BCUT2D eigenvalue weighted by Crippen LogP contribution is 2.39. The van der Waals surface area contributed by atoms with Crippen LogP contribution in [0.4, 0.5) is 4.39 Å². The molecule has 9 heteroatoms. The molecule has 5 rings (SSSR count). The van der Waals surface area contributed by atoms with Crippen LogP contribution in [-0.2, 0) is 14.3 Å². The number of nitrogens with zero attached hydrogens (tertiary/aromatic N) is 3. The molecule has 36 heavy (non-hydrogen) atoms. The Bertz CT molecular complexity index is 1120. The van der Waals surface area contributed by atoms with Gasteiger partial charge >= 0.3 is 0 Å². The zero-order chi connectivity index (χ0) is 25.3. The molecule has 0 saturated carbocycles. The molecule has 0 aromatic heterocycles. The van der Waals surface area contributed by atoms with E-state index >= 15 is 0 Å². The summed E-state index contributed by atoms with van der Waals surface area (Å²) >= 11 is 0. The molecular weight excluding hydrogens is 465 g/mol. The van der Waals surface area contributed by atoms with Crippen LogP contribution in [0.5, 0.6) is 0 Å². The van der Waals surface area contributed by atoms with E-state index in [4.69, 9.17) is 9.47 Å². The van der Waals surface area contributed by atoms with Crippen molar-refractivity contribution >= 4 is 17.7 Å². The maximum Gasteiger partial charge on any atom is 0.256 e. The molecule has 0 aliphatic carbocycles. The number of likely N-dealkylation sites (tertiary alicyclic amines) is 1. The van der Waals surface area contributed by atoms with Crippen LogP contribution in [0.15, 0.2) is 48.5 Å². The van der Waals surface area contributed by atoms with Gasteiger partial charge in [-0.3, -0.25) is 19.3 Å². The summed E-state index contributed by atoms with van der Waals surface area (Å²) < 4.78 is 25.2. The quantitative estimate of drug-likeness (QED) is 0.654. The number of amides is 3. The number of carbonyl (C=O) groups excluding carboxylic acids is 3. The van der Waals surface area contributed by atoms with Crippen LogP contribution in [0.2, 0.25) is 0 Å². The van der Waals surface area contributed by atoms with E-state index in [1.807, 2.05) is 31.2 Å². The molecule has 2 aromatic carbocycles. The Kier molecular flexibility index (Phi) is 6.77. The molecule has 0 unspecified atom stereocenters. The summed E-state index contributed by atoms with van der Waals surface area (Å²) in [6, 6.07) is 12.0. The Morgan fingerprint density at radius 3 is 2.06 bits per heavy atom. The predicted molar refractivity (Wildman–Crippen MR) is 129 cm³/mol. The van der Waals surface area contributed by atoms with Crippen molar-refractivity contribution in [2.75, 3.05) is 46.0 Å². The molecule has 3 aliphatic rings. The van der Waals surface area contributed by atoms with Crippen LogP contribution in [0.3, 0.4) is 0 Å². The van der Waals surface area contributed by atoms with Crippen LogP contribution in [-0.4, -0.2) is 90.2 Å². The van der Waals surface area contributed by atoms with Crippen molar-refractivity contribution in [3.8, 4) is 0 Å². The fraction of sp³-hybridized carbons (Fsp3) is 0.444. The number of morpholine rings is 1. The lowest BCUT2D eigenvalue weighted by Gasteiger charge is -2.45. The Morgan fingerprint density at radius 1 is 0.833 bits per heavy atom. The molecule has 2 aromatic rings. The SMILES string of the molecule is Cc1ccc(C(=O)N2CCC3(CC2)OC[C@@H](C(=O)N2CCOCC2)N3C(=O)c2ccc(F)cc2)cc1. The second-order valence-corrected chi connectivity index (χ2v) is 9.55. The van der Waals surface area contributed by atoms with Crippen molar-refractivity contribution in [1.29, 1.82) is 0 Å². The van der Waals surface area contributed by atoms with Gasteiger partial charge in [-0.1, -0.05) is 17.7 Å². The minimum absolute atomic E-state index is 0.0693. The number of ether oxygens (including phenoxy) is 2. The summed E-state index contributed by atoms with van der Waals surface area (Å²) in [5.74, 6) is -1.07. The fourth-order valence-electron chi connectivity index (χ4n) is 5.22. The van der Waals surface area contributed by atoms with E-state index in [0.29, 0.717) is 63.4 Å². The van der Waals surface area contributed by atoms with E-state index in [1.54, 1.807) is 14.7 Å². The topological polar surface area (TPSA) is 79.4 Å². The van der Waals surface area contributed by atoms with Crippen molar-refractivity contribution in [3.63, 3.8) is 0 Å². The van der Waals surface area contributed by atoms with Crippen molar-refractivity contribution < 1.29 is 28.2 Å². The molecule has 3 saturated heterocycles. The second kappa shape index (κ2) is 9.99. The lowest BCUT2D eigenvalue weighted by Crippen LogP contribution is -2.60.